The van der Waals surface area contributed by atoms with Gasteiger partial charge < -0.3 is 54.0 Å². The topological polar surface area (TPSA) is 234 Å². The summed E-state index contributed by atoms with van der Waals surface area (Å²) >= 11 is 0. The molecule has 3 fully saturated rings. The number of fused-ring (bicyclic) bond motifs is 3. The van der Waals surface area contributed by atoms with Crippen molar-refractivity contribution in [1.82, 2.24) is 10.2 Å². The molecule has 1 saturated carbocycles. The minimum Gasteiger partial charge on any atom is -0.460 e. The fourth-order valence-electron chi connectivity index (χ4n) is 11.5. The molecule has 434 valence electrons. The fourth-order valence-corrected chi connectivity index (χ4v) is 11.5. The Balaban J connectivity index is 1.42. The Labute approximate surface area is 462 Å². The number of hydrogen-bond donors (Lipinski definition) is 4. The summed E-state index contributed by atoms with van der Waals surface area (Å²) in [5, 5.41) is 36.2. The largest absolute Gasteiger partial charge is 0.460 e. The Morgan fingerprint density at radius 2 is 1.63 bits per heavy atom. The molecule has 0 aromatic heterocycles. The van der Waals surface area contributed by atoms with Crippen molar-refractivity contribution in [1.29, 1.82) is 0 Å². The molecule has 0 radical (unpaired) electrons. The van der Waals surface area contributed by atoms with Gasteiger partial charge in [0.25, 0.3) is 11.7 Å². The number of aliphatic hydroxyl groups excluding tert-OH is 2. The third-order valence-corrected chi connectivity index (χ3v) is 16.4. The summed E-state index contributed by atoms with van der Waals surface area (Å²) in [7, 11) is 2.94. The smallest absolute Gasteiger partial charge is 0.407 e. The van der Waals surface area contributed by atoms with Gasteiger partial charge in [0.1, 0.15) is 36.2 Å². The van der Waals surface area contributed by atoms with Gasteiger partial charge in [-0.25, -0.2) is 9.59 Å². The molecule has 2 bridgehead atoms. The monoisotopic (exact) mass is 1090 g/mol. The highest BCUT2D eigenvalue weighted by Gasteiger charge is 2.53. The number of hydrogen-bond acceptors (Lipinski definition) is 15. The molecule has 1 unspecified atom stereocenters. The molecule has 3 heterocycles. The molecule has 2 amide bonds. The van der Waals surface area contributed by atoms with Crippen molar-refractivity contribution in [3.8, 4) is 0 Å². The molecule has 0 spiro atoms. The maximum absolute atomic E-state index is 14.6. The summed E-state index contributed by atoms with van der Waals surface area (Å²) in [6.45, 7) is 12.8. The lowest BCUT2D eigenvalue weighted by Gasteiger charge is -2.43. The fraction of sp³-hybridized carbons (Fsp3) is 0.672. The van der Waals surface area contributed by atoms with E-state index in [1.165, 1.54) is 12.0 Å². The zero-order valence-corrected chi connectivity index (χ0v) is 47.6. The van der Waals surface area contributed by atoms with Crippen molar-refractivity contribution in [3.63, 3.8) is 0 Å². The van der Waals surface area contributed by atoms with Crippen molar-refractivity contribution < 1.29 is 72.5 Å². The second-order valence-electron chi connectivity index (χ2n) is 22.5. The Bertz CT molecular complexity index is 2260. The van der Waals surface area contributed by atoms with Crippen LogP contribution in [-0.2, 0) is 58.8 Å². The molecule has 3 aliphatic heterocycles. The number of esters is 1. The van der Waals surface area contributed by atoms with E-state index in [0.717, 1.165) is 11.1 Å². The molecular formula is C61H90N2O15. The Kier molecular flexibility index (Phi) is 25.6. The van der Waals surface area contributed by atoms with Gasteiger partial charge in [-0.15, -0.1) is 0 Å². The molecule has 78 heavy (non-hydrogen) atoms. The highest BCUT2D eigenvalue weighted by molar-refractivity contribution is 6.39. The van der Waals surface area contributed by atoms with E-state index in [9.17, 15) is 44.1 Å². The first kappa shape index (κ1) is 63.9. The van der Waals surface area contributed by atoms with Crippen molar-refractivity contribution in [3.05, 3.63) is 83.5 Å². The number of rotatable bonds is 12. The van der Waals surface area contributed by atoms with E-state index in [-0.39, 0.29) is 62.4 Å². The van der Waals surface area contributed by atoms with Crippen LogP contribution in [0.5, 0.6) is 0 Å². The SMILES string of the molecule is CO[C@@H]1C[C@H](C[C@@H](C)[C@@H]2CC(=O)[C@H](C)/C=C(\C)[C@@H](O)[C@@H](OC)C(=O)[C@H](C)C[C@H](C)/C=C/C=C/C=C(\C)C(OCCO)C[C@@H]3CC[C@@H](C)[C@@](O)(O3)C(=O)C(=O)N3CCCC[C@H]3C(=O)O2)CC[C@H]1OC(=O)NCCc1ccccc1. The number of amides is 2. The van der Waals surface area contributed by atoms with Gasteiger partial charge in [0.15, 0.2) is 5.78 Å². The lowest BCUT2D eigenvalue weighted by molar-refractivity contribution is -0.266. The van der Waals surface area contributed by atoms with Crippen molar-refractivity contribution in [2.75, 3.05) is 40.5 Å². The van der Waals surface area contributed by atoms with Crippen molar-refractivity contribution in [2.24, 2.45) is 35.5 Å². The molecule has 2 saturated heterocycles. The predicted molar refractivity (Wildman–Crippen MR) is 294 cm³/mol. The van der Waals surface area contributed by atoms with Crippen molar-refractivity contribution >= 4 is 35.3 Å². The number of cyclic esters (lactones) is 1. The summed E-state index contributed by atoms with van der Waals surface area (Å²) in [6.07, 6.45) is 10.1. The summed E-state index contributed by atoms with van der Waals surface area (Å²) in [4.78, 5) is 85.8. The van der Waals surface area contributed by atoms with E-state index in [1.54, 1.807) is 40.9 Å². The standard InChI is InChI=1S/C61H90N2O15/c1-38-18-12-10-13-19-39(2)51(75-31-30-64)36-47-25-23-44(7)61(72,78-47)57(68)58(69)63-29-17-16-22-48(63)59(70)76-52(37-49(65)40(3)33-43(6)55(67)56(74-9)54(66)42(5)32-38)41(4)34-46-24-26-50(53(35-46)73-8)77-60(71)62-28-27-45-20-14-11-15-21-45/h10-15,18-21,33,38,40-42,44,46-48,50-53,55-56,64,67,72H,16-17,22-32,34-37H2,1-9H3,(H,62,71)/b13-10+,18-12+,39-19+,43-33+/t38-,40-,41-,42-,44-,46+,47+,48+,50-,51?,52+,53-,55-,56+,61-/m1/s1. The van der Waals surface area contributed by atoms with Gasteiger partial charge in [0.2, 0.25) is 5.79 Å². The summed E-state index contributed by atoms with van der Waals surface area (Å²) in [5.41, 5.74) is 2.24. The summed E-state index contributed by atoms with van der Waals surface area (Å²) < 4.78 is 35.9. The minimum absolute atomic E-state index is 0.0229. The second-order valence-corrected chi connectivity index (χ2v) is 22.5. The molecule has 1 aromatic rings. The molecule has 1 aromatic carbocycles. The van der Waals surface area contributed by atoms with E-state index >= 15 is 0 Å². The quantitative estimate of drug-likeness (QED) is 0.0901. The zero-order valence-electron chi connectivity index (χ0n) is 47.6. The average molecular weight is 1090 g/mol. The number of alkyl carbamates (subject to hydrolysis) is 1. The van der Waals surface area contributed by atoms with Crippen LogP contribution in [0.25, 0.3) is 0 Å². The van der Waals surface area contributed by atoms with Crippen LogP contribution in [0.15, 0.2) is 77.9 Å². The Hall–Kier alpha value is -4.88. The molecule has 4 aliphatic rings. The van der Waals surface area contributed by atoms with Crippen LogP contribution in [0.3, 0.4) is 0 Å². The molecule has 4 N–H and O–H groups in total. The van der Waals surface area contributed by atoms with E-state index in [0.29, 0.717) is 76.3 Å². The van der Waals surface area contributed by atoms with Crippen LogP contribution >= 0.6 is 0 Å². The van der Waals surface area contributed by atoms with Gasteiger partial charge in [0, 0.05) is 57.9 Å². The number of aliphatic hydroxyl groups is 3. The lowest BCUT2D eigenvalue weighted by Crippen LogP contribution is -2.61. The second kappa shape index (κ2) is 31.2. The van der Waals surface area contributed by atoms with Crippen LogP contribution in [0, 0.1) is 35.5 Å². The highest BCUT2D eigenvalue weighted by atomic mass is 16.6. The first-order valence-corrected chi connectivity index (χ1v) is 28.4. The number of ketones is 3. The van der Waals surface area contributed by atoms with Crippen LogP contribution in [-0.4, -0.2) is 151 Å². The first-order valence-electron chi connectivity index (χ1n) is 28.4. The van der Waals surface area contributed by atoms with Crippen LogP contribution < -0.4 is 5.32 Å². The third kappa shape index (κ3) is 18.1. The van der Waals surface area contributed by atoms with E-state index in [4.69, 9.17) is 28.4 Å². The Morgan fingerprint density at radius 3 is 2.33 bits per heavy atom. The molecule has 15 atom stereocenters. The highest BCUT2D eigenvalue weighted by Crippen LogP contribution is 2.38. The number of Topliss-reactive ketones (excluding diaryl/α,β-unsaturated/α-hetero) is 3. The number of allylic oxidation sites excluding steroid dienone is 6. The number of carbonyl (C=O) groups excluding carboxylic acids is 6. The molecular weight excluding hydrogens is 1000 g/mol. The van der Waals surface area contributed by atoms with Gasteiger partial charge in [-0.2, -0.15) is 0 Å². The summed E-state index contributed by atoms with van der Waals surface area (Å²) in [6, 6.07) is 8.61. The van der Waals surface area contributed by atoms with Gasteiger partial charge in [0.05, 0.1) is 31.5 Å². The number of carbonyl (C=O) groups is 6. The first-order chi connectivity index (χ1) is 37.2. The van der Waals surface area contributed by atoms with Gasteiger partial charge in [-0.1, -0.05) is 101 Å². The number of nitrogens with zero attached hydrogens (tertiary/aromatic N) is 1. The predicted octanol–water partition coefficient (Wildman–Crippen LogP) is 7.52. The molecule has 1 aliphatic carbocycles. The maximum Gasteiger partial charge on any atom is 0.407 e. The number of benzene rings is 1. The van der Waals surface area contributed by atoms with Crippen LogP contribution in [0.2, 0.25) is 0 Å². The third-order valence-electron chi connectivity index (χ3n) is 16.4. The van der Waals surface area contributed by atoms with Crippen molar-refractivity contribution in [2.45, 2.75) is 186 Å². The number of ether oxygens (including phenoxy) is 6. The number of methoxy groups -OCH3 is 2. The molecule has 17 nitrogen and oxygen atoms in total. The minimum atomic E-state index is -2.51. The van der Waals surface area contributed by atoms with E-state index in [1.807, 2.05) is 81.5 Å². The van der Waals surface area contributed by atoms with E-state index < -0.39 is 102 Å². The lowest BCUT2D eigenvalue weighted by atomic mass is 9.78. The normalized spacial score (nSPS) is 35.5. The average Bonchev–Trinajstić information content (AvgIpc) is 3.46. The molecule has 5 rings (SSSR count). The van der Waals surface area contributed by atoms with Crippen LogP contribution in [0.1, 0.15) is 131 Å². The maximum atomic E-state index is 14.6. The van der Waals surface area contributed by atoms with Gasteiger partial charge in [-0.05, 0) is 119 Å². The summed E-state index contributed by atoms with van der Waals surface area (Å²) in [5.74, 6) is -8.59. The van der Waals surface area contributed by atoms with Gasteiger partial charge in [-0.3, -0.25) is 19.2 Å². The number of piperidine rings is 1. The zero-order chi connectivity index (χ0) is 57.1. The van der Waals surface area contributed by atoms with Gasteiger partial charge >= 0.3 is 12.1 Å². The molecule has 17 heteroatoms. The van der Waals surface area contributed by atoms with E-state index in [2.05, 4.69) is 5.32 Å². The van der Waals surface area contributed by atoms with Crippen LogP contribution in [0.4, 0.5) is 4.79 Å². The number of nitrogens with one attached hydrogen (secondary N) is 1. The Morgan fingerprint density at radius 1 is 0.885 bits per heavy atom.